The number of nitrogens with zero attached hydrogens (tertiary/aromatic N) is 1. The third-order valence-corrected chi connectivity index (χ3v) is 6.81. The van der Waals surface area contributed by atoms with Crippen LogP contribution < -0.4 is 16.0 Å². The monoisotopic (exact) mass is 508 g/mol. The lowest BCUT2D eigenvalue weighted by molar-refractivity contribution is 0.0809. The molecule has 0 bridgehead atoms. The van der Waals surface area contributed by atoms with Gasteiger partial charge in [0.2, 0.25) is 0 Å². The summed E-state index contributed by atoms with van der Waals surface area (Å²) in [6.45, 7) is 5.18. The van der Waals surface area contributed by atoms with Crippen molar-refractivity contribution in [2.75, 3.05) is 18.4 Å². The third-order valence-electron chi connectivity index (χ3n) is 6.61. The highest BCUT2D eigenvalue weighted by atomic mass is 35.5. The van der Waals surface area contributed by atoms with E-state index in [1.54, 1.807) is 12.1 Å². The fourth-order valence-electron chi connectivity index (χ4n) is 3.93. The number of hydrogen-bond donors (Lipinski definition) is 4. The molecule has 192 valence electrons. The van der Waals surface area contributed by atoms with Crippen LogP contribution in [0.25, 0.3) is 0 Å². The lowest BCUT2D eigenvalue weighted by atomic mass is 9.99. The third kappa shape index (κ3) is 8.81. The molecule has 36 heavy (non-hydrogen) atoms. The average molecular weight is 509 g/mol. The molecule has 2 aromatic rings. The van der Waals surface area contributed by atoms with E-state index < -0.39 is 17.7 Å². The van der Waals surface area contributed by atoms with Gasteiger partial charge >= 0.3 is 0 Å². The van der Waals surface area contributed by atoms with Gasteiger partial charge in [0.1, 0.15) is 11.0 Å². The van der Waals surface area contributed by atoms with Crippen molar-refractivity contribution in [1.29, 1.82) is 0 Å². The number of halogens is 1. The van der Waals surface area contributed by atoms with E-state index in [0.717, 1.165) is 18.5 Å². The molecule has 0 spiro atoms. The van der Waals surface area contributed by atoms with Crippen molar-refractivity contribution in [2.24, 2.45) is 11.8 Å². The highest BCUT2D eigenvalue weighted by molar-refractivity contribution is 6.29. The van der Waals surface area contributed by atoms with Crippen LogP contribution in [0.2, 0.25) is 5.15 Å². The Labute approximate surface area is 219 Å². The second-order valence-electron chi connectivity index (χ2n) is 10.6. The zero-order valence-corrected chi connectivity index (χ0v) is 21.9. The Kier molecular flexibility index (Phi) is 8.90. The molecule has 1 aromatic heterocycles. The number of carbonyl (C=O) groups excluding carboxylic acids is 1. The standard InChI is InChI=1S/C29H37ClN4O2/c1-29(2,15-14-21-8-9-21)32-19-25(35)24(13-12-20-6-4-3-5-7-20)33-28(36)23-16-26(30)34-27(17-23)31-18-22-10-11-22/h3-7,16-17,21-22,24-25,32,35H,8-13,18-19H2,1-2H3,(H,31,34)(H,33,36). The van der Waals surface area contributed by atoms with E-state index >= 15 is 0 Å². The van der Waals surface area contributed by atoms with E-state index in [2.05, 4.69) is 44.9 Å². The Bertz CT molecular complexity index is 1090. The van der Waals surface area contributed by atoms with Crippen molar-refractivity contribution in [2.45, 2.75) is 70.1 Å². The quantitative estimate of drug-likeness (QED) is 0.252. The first kappa shape index (κ1) is 26.5. The molecule has 6 nitrogen and oxygen atoms in total. The van der Waals surface area contributed by atoms with Gasteiger partial charge < -0.3 is 15.7 Å². The molecule has 0 aliphatic heterocycles. The molecule has 2 fully saturated rings. The van der Waals surface area contributed by atoms with Crippen molar-refractivity contribution in [3.63, 3.8) is 0 Å². The van der Waals surface area contributed by atoms with E-state index in [4.69, 9.17) is 11.6 Å². The highest BCUT2D eigenvalue weighted by Crippen LogP contribution is 2.29. The van der Waals surface area contributed by atoms with Crippen molar-refractivity contribution < 1.29 is 9.90 Å². The number of aryl methyl sites for hydroxylation is 1. The van der Waals surface area contributed by atoms with E-state index in [1.165, 1.54) is 25.7 Å². The summed E-state index contributed by atoms with van der Waals surface area (Å²) in [5.74, 6) is 8.09. The molecule has 4 rings (SSSR count). The topological polar surface area (TPSA) is 86.3 Å². The Balaban J connectivity index is 1.41. The molecular formula is C29H37ClN4O2. The van der Waals surface area contributed by atoms with Crippen LogP contribution in [0.3, 0.4) is 0 Å². The van der Waals surface area contributed by atoms with Crippen LogP contribution in [0.5, 0.6) is 0 Å². The lowest BCUT2D eigenvalue weighted by Crippen LogP contribution is -2.51. The molecule has 2 aliphatic rings. The summed E-state index contributed by atoms with van der Waals surface area (Å²) in [7, 11) is 0. The maximum absolute atomic E-state index is 13.2. The first-order valence-corrected chi connectivity index (χ1v) is 13.4. The summed E-state index contributed by atoms with van der Waals surface area (Å²) in [6.07, 6.45) is 5.34. The highest BCUT2D eigenvalue weighted by Gasteiger charge is 2.26. The number of hydrogen-bond acceptors (Lipinski definition) is 5. The molecule has 0 radical (unpaired) electrons. The number of β-amino-alcohol motifs (C(OH)–C–C–N with tert-alkyl or cyclic N) is 1. The normalized spacial score (nSPS) is 17.0. The van der Waals surface area contributed by atoms with Crippen LogP contribution in [0.4, 0.5) is 5.82 Å². The maximum atomic E-state index is 13.2. The molecule has 1 amide bonds. The Hall–Kier alpha value is -2.59. The van der Waals surface area contributed by atoms with Crippen molar-refractivity contribution >= 4 is 23.3 Å². The van der Waals surface area contributed by atoms with Gasteiger partial charge in [0.25, 0.3) is 5.91 Å². The zero-order valence-electron chi connectivity index (χ0n) is 21.2. The predicted molar refractivity (Wildman–Crippen MR) is 145 cm³/mol. The average Bonchev–Trinajstić information content (AvgIpc) is 3.78. The number of amides is 1. The summed E-state index contributed by atoms with van der Waals surface area (Å²) < 4.78 is 0. The molecular weight excluding hydrogens is 472 g/mol. The van der Waals surface area contributed by atoms with Gasteiger partial charge in [-0.15, -0.1) is 0 Å². The van der Waals surface area contributed by atoms with E-state index in [1.807, 2.05) is 32.0 Å². The molecule has 1 heterocycles. The van der Waals surface area contributed by atoms with Gasteiger partial charge in [-0.25, -0.2) is 4.98 Å². The van der Waals surface area contributed by atoms with Gasteiger partial charge in [0, 0.05) is 24.6 Å². The van der Waals surface area contributed by atoms with Crippen LogP contribution in [0.1, 0.15) is 61.9 Å². The summed E-state index contributed by atoms with van der Waals surface area (Å²) in [5, 5.41) is 21.1. The molecule has 2 aliphatic carbocycles. The van der Waals surface area contributed by atoms with Gasteiger partial charge in [-0.2, -0.15) is 0 Å². The molecule has 4 N–H and O–H groups in total. The number of anilines is 1. The first-order valence-electron chi connectivity index (χ1n) is 13.0. The molecule has 7 heteroatoms. The summed E-state index contributed by atoms with van der Waals surface area (Å²) in [4.78, 5) is 17.5. The molecule has 2 saturated carbocycles. The first-order chi connectivity index (χ1) is 17.3. The van der Waals surface area contributed by atoms with Gasteiger partial charge in [0.05, 0.1) is 17.7 Å². The van der Waals surface area contributed by atoms with Crippen LogP contribution in [0.15, 0.2) is 42.5 Å². The fourth-order valence-corrected chi connectivity index (χ4v) is 4.13. The zero-order chi connectivity index (χ0) is 25.5. The minimum atomic E-state index is -0.788. The molecule has 1 aromatic carbocycles. The van der Waals surface area contributed by atoms with Crippen molar-refractivity contribution in [3.05, 3.63) is 58.7 Å². The van der Waals surface area contributed by atoms with E-state index in [0.29, 0.717) is 36.2 Å². The minimum Gasteiger partial charge on any atom is -0.390 e. The summed E-state index contributed by atoms with van der Waals surface area (Å²) >= 11 is 6.22. The van der Waals surface area contributed by atoms with Gasteiger partial charge in [-0.05, 0) is 76.0 Å². The SMILES string of the molecule is CC(C)(C#CC1CC1)NCC(O)C(CCc1ccccc1)NC(=O)c1cc(Cl)nc(NCC2CC2)c1. The smallest absolute Gasteiger partial charge is 0.251 e. The predicted octanol–water partition coefficient (Wildman–Crippen LogP) is 4.43. The number of aliphatic hydroxyl groups excluding tert-OH is 1. The summed E-state index contributed by atoms with van der Waals surface area (Å²) in [5.41, 5.74) is 1.16. The second kappa shape index (κ2) is 12.1. The van der Waals surface area contributed by atoms with Gasteiger partial charge in [-0.3, -0.25) is 10.1 Å². The number of benzene rings is 1. The van der Waals surface area contributed by atoms with Gasteiger partial charge in [0.15, 0.2) is 0 Å². The van der Waals surface area contributed by atoms with Crippen LogP contribution in [-0.4, -0.2) is 46.8 Å². The van der Waals surface area contributed by atoms with Crippen molar-refractivity contribution in [3.8, 4) is 11.8 Å². The van der Waals surface area contributed by atoms with E-state index in [-0.39, 0.29) is 11.1 Å². The molecule has 2 atom stereocenters. The summed E-state index contributed by atoms with van der Waals surface area (Å²) in [6, 6.07) is 12.9. The number of rotatable bonds is 12. The molecule has 0 saturated heterocycles. The Morgan fingerprint density at radius 2 is 1.94 bits per heavy atom. The maximum Gasteiger partial charge on any atom is 0.251 e. The second-order valence-corrected chi connectivity index (χ2v) is 11.0. The lowest BCUT2D eigenvalue weighted by Gasteiger charge is -2.28. The van der Waals surface area contributed by atoms with Crippen LogP contribution >= 0.6 is 11.6 Å². The van der Waals surface area contributed by atoms with Crippen LogP contribution in [0, 0.1) is 23.7 Å². The number of carbonyl (C=O) groups is 1. The number of aromatic nitrogens is 1. The minimum absolute atomic E-state index is 0.264. The van der Waals surface area contributed by atoms with Crippen LogP contribution in [-0.2, 0) is 6.42 Å². The number of pyridine rings is 1. The fraction of sp³-hybridized carbons (Fsp3) is 0.517. The Morgan fingerprint density at radius 3 is 2.64 bits per heavy atom. The van der Waals surface area contributed by atoms with Gasteiger partial charge in [-0.1, -0.05) is 53.8 Å². The Morgan fingerprint density at radius 1 is 1.19 bits per heavy atom. The van der Waals surface area contributed by atoms with E-state index in [9.17, 15) is 9.90 Å². The molecule has 2 unspecified atom stereocenters. The number of nitrogens with one attached hydrogen (secondary N) is 3. The largest absolute Gasteiger partial charge is 0.390 e. The number of aliphatic hydroxyl groups is 1. The van der Waals surface area contributed by atoms with Crippen molar-refractivity contribution in [1.82, 2.24) is 15.6 Å².